The van der Waals surface area contributed by atoms with Crippen LogP contribution in [-0.4, -0.2) is 36.4 Å². The molecule has 0 aromatic heterocycles. The van der Waals surface area contributed by atoms with Crippen molar-refractivity contribution in [2.24, 2.45) is 0 Å². The van der Waals surface area contributed by atoms with Crippen molar-refractivity contribution in [1.82, 2.24) is 4.90 Å². The number of thiocarbonyl (C=S) groups is 1. The number of amides is 1. The van der Waals surface area contributed by atoms with Crippen molar-refractivity contribution < 1.29 is 14.3 Å². The third-order valence-corrected chi connectivity index (χ3v) is 4.14. The third kappa shape index (κ3) is 2.90. The van der Waals surface area contributed by atoms with Gasteiger partial charge in [0.05, 0.1) is 19.1 Å². The minimum absolute atomic E-state index is 0.0863. The zero-order valence-electron chi connectivity index (χ0n) is 10.8. The van der Waals surface area contributed by atoms with Crippen molar-refractivity contribution in [3.8, 4) is 11.5 Å². The van der Waals surface area contributed by atoms with Gasteiger partial charge in [0.15, 0.2) is 0 Å². The molecule has 0 N–H and O–H groups in total. The van der Waals surface area contributed by atoms with E-state index in [9.17, 15) is 4.79 Å². The lowest BCUT2D eigenvalue weighted by Gasteiger charge is -2.06. The molecule has 6 heteroatoms. The monoisotopic (exact) mass is 295 g/mol. The molecule has 1 fully saturated rings. The molecule has 19 heavy (non-hydrogen) atoms. The number of ether oxygens (including phenoxy) is 2. The van der Waals surface area contributed by atoms with Gasteiger partial charge in [-0.15, -0.1) is 0 Å². The lowest BCUT2D eigenvalue weighted by atomic mass is 10.2. The van der Waals surface area contributed by atoms with E-state index >= 15 is 0 Å². The Balaban J connectivity index is 2.38. The van der Waals surface area contributed by atoms with Crippen LogP contribution in [0, 0.1) is 0 Å². The molecule has 1 aliphatic heterocycles. The van der Waals surface area contributed by atoms with Crippen LogP contribution in [0.2, 0.25) is 0 Å². The van der Waals surface area contributed by atoms with Gasteiger partial charge in [-0.2, -0.15) is 0 Å². The summed E-state index contributed by atoms with van der Waals surface area (Å²) in [6.07, 6.45) is 1.79. The summed E-state index contributed by atoms with van der Waals surface area (Å²) >= 11 is 6.38. The van der Waals surface area contributed by atoms with Gasteiger partial charge in [0.1, 0.15) is 15.8 Å². The Labute approximate surface area is 121 Å². The zero-order chi connectivity index (χ0) is 14.0. The van der Waals surface area contributed by atoms with Gasteiger partial charge in [-0.1, -0.05) is 24.0 Å². The highest BCUT2D eigenvalue weighted by molar-refractivity contribution is 8.26. The quantitative estimate of drug-likeness (QED) is 0.633. The fraction of sp³-hybridized carbons (Fsp3) is 0.231. The molecule has 1 amide bonds. The molecule has 0 radical (unpaired) electrons. The van der Waals surface area contributed by atoms with E-state index in [0.29, 0.717) is 20.7 Å². The number of hydrogen-bond donors (Lipinski definition) is 0. The van der Waals surface area contributed by atoms with Gasteiger partial charge in [0.25, 0.3) is 5.91 Å². The molecule has 0 unspecified atom stereocenters. The van der Waals surface area contributed by atoms with Crippen LogP contribution >= 0.6 is 24.0 Å². The van der Waals surface area contributed by atoms with E-state index in [4.69, 9.17) is 21.7 Å². The Hall–Kier alpha value is -1.53. The van der Waals surface area contributed by atoms with Crippen LogP contribution in [0.25, 0.3) is 6.08 Å². The minimum atomic E-state index is -0.0863. The Morgan fingerprint density at radius 3 is 2.21 bits per heavy atom. The second kappa shape index (κ2) is 5.63. The Morgan fingerprint density at radius 2 is 1.79 bits per heavy atom. The molecule has 1 aromatic carbocycles. The Kier molecular flexibility index (Phi) is 4.11. The summed E-state index contributed by atoms with van der Waals surface area (Å²) in [5, 5.41) is 0. The third-order valence-electron chi connectivity index (χ3n) is 2.66. The van der Waals surface area contributed by atoms with E-state index < -0.39 is 0 Å². The van der Waals surface area contributed by atoms with E-state index in [2.05, 4.69) is 0 Å². The number of hydrogen-bond acceptors (Lipinski definition) is 5. The normalized spacial score (nSPS) is 17.2. The van der Waals surface area contributed by atoms with Crippen molar-refractivity contribution >= 4 is 40.3 Å². The van der Waals surface area contributed by atoms with E-state index in [0.717, 1.165) is 5.56 Å². The number of carbonyl (C=O) groups is 1. The first kappa shape index (κ1) is 13.9. The average Bonchev–Trinajstić information content (AvgIpc) is 2.65. The topological polar surface area (TPSA) is 38.8 Å². The number of methoxy groups -OCH3 is 2. The molecule has 2 rings (SSSR count). The first-order chi connectivity index (χ1) is 9.05. The van der Waals surface area contributed by atoms with Gasteiger partial charge < -0.3 is 9.47 Å². The lowest BCUT2D eigenvalue weighted by Crippen LogP contribution is -2.22. The first-order valence-corrected chi connectivity index (χ1v) is 6.72. The van der Waals surface area contributed by atoms with Crippen molar-refractivity contribution in [3.63, 3.8) is 0 Å². The Morgan fingerprint density at radius 1 is 1.21 bits per heavy atom. The lowest BCUT2D eigenvalue weighted by molar-refractivity contribution is -0.121. The van der Waals surface area contributed by atoms with Gasteiger partial charge in [-0.3, -0.25) is 9.69 Å². The van der Waals surface area contributed by atoms with Crippen LogP contribution in [0.1, 0.15) is 5.56 Å². The SMILES string of the molecule is COc1cc(/C=C2/SC(=S)N(C)C2=O)cc(OC)c1. The van der Waals surface area contributed by atoms with Crippen LogP contribution in [0.4, 0.5) is 0 Å². The zero-order valence-corrected chi connectivity index (χ0v) is 12.4. The Bertz CT molecular complexity index is 547. The van der Waals surface area contributed by atoms with Crippen LogP contribution in [0.3, 0.4) is 0 Å². The van der Waals surface area contributed by atoms with Gasteiger partial charge in [-0.25, -0.2) is 0 Å². The predicted molar refractivity (Wildman–Crippen MR) is 80.5 cm³/mol. The fourth-order valence-corrected chi connectivity index (χ4v) is 2.79. The molecule has 4 nitrogen and oxygen atoms in total. The molecule has 0 bridgehead atoms. The summed E-state index contributed by atoms with van der Waals surface area (Å²) in [4.78, 5) is 14.0. The number of thioether (sulfide) groups is 1. The largest absolute Gasteiger partial charge is 0.497 e. The standard InChI is InChI=1S/C13H13NO3S2/c1-14-12(15)11(19-13(14)18)6-8-4-9(16-2)7-10(5-8)17-3/h4-7H,1-3H3/b11-6+. The summed E-state index contributed by atoms with van der Waals surface area (Å²) in [6, 6.07) is 5.46. The summed E-state index contributed by atoms with van der Waals surface area (Å²) < 4.78 is 10.9. The highest BCUT2D eigenvalue weighted by Gasteiger charge is 2.28. The summed E-state index contributed by atoms with van der Waals surface area (Å²) in [6.45, 7) is 0. The predicted octanol–water partition coefficient (Wildman–Crippen LogP) is 2.53. The van der Waals surface area contributed by atoms with Gasteiger partial charge in [0, 0.05) is 13.1 Å². The van der Waals surface area contributed by atoms with Crippen molar-refractivity contribution in [2.75, 3.05) is 21.3 Å². The average molecular weight is 295 g/mol. The number of likely N-dealkylation sites (N-methyl/N-ethyl adjacent to an activating group) is 1. The molecule has 0 atom stereocenters. The molecular weight excluding hydrogens is 282 g/mol. The number of carbonyl (C=O) groups excluding carboxylic acids is 1. The maximum absolute atomic E-state index is 11.9. The number of nitrogens with zero attached hydrogens (tertiary/aromatic N) is 1. The molecule has 1 aromatic rings. The van der Waals surface area contributed by atoms with Crippen LogP contribution < -0.4 is 9.47 Å². The van der Waals surface area contributed by atoms with Crippen molar-refractivity contribution in [3.05, 3.63) is 28.7 Å². The minimum Gasteiger partial charge on any atom is -0.497 e. The first-order valence-electron chi connectivity index (χ1n) is 5.50. The second-order valence-corrected chi connectivity index (χ2v) is 5.56. The van der Waals surface area contributed by atoms with Crippen LogP contribution in [0.5, 0.6) is 11.5 Å². The summed E-state index contributed by atoms with van der Waals surface area (Å²) in [7, 11) is 4.85. The van der Waals surface area contributed by atoms with Gasteiger partial charge in [0.2, 0.25) is 0 Å². The van der Waals surface area contributed by atoms with Crippen LogP contribution in [-0.2, 0) is 4.79 Å². The smallest absolute Gasteiger partial charge is 0.265 e. The van der Waals surface area contributed by atoms with E-state index in [1.165, 1.54) is 16.7 Å². The highest BCUT2D eigenvalue weighted by Crippen LogP contribution is 2.32. The maximum Gasteiger partial charge on any atom is 0.265 e. The van der Waals surface area contributed by atoms with E-state index in [1.807, 2.05) is 12.1 Å². The molecular formula is C13H13NO3S2. The van der Waals surface area contributed by atoms with E-state index in [1.54, 1.807) is 33.4 Å². The molecule has 0 spiro atoms. The van der Waals surface area contributed by atoms with E-state index in [-0.39, 0.29) is 5.91 Å². The number of rotatable bonds is 3. The maximum atomic E-state index is 11.9. The van der Waals surface area contributed by atoms with Crippen molar-refractivity contribution in [1.29, 1.82) is 0 Å². The molecule has 1 saturated heterocycles. The summed E-state index contributed by atoms with van der Waals surface area (Å²) in [5.41, 5.74) is 0.838. The van der Waals surface area contributed by atoms with Gasteiger partial charge in [-0.05, 0) is 23.8 Å². The van der Waals surface area contributed by atoms with Crippen LogP contribution in [0.15, 0.2) is 23.1 Å². The molecule has 100 valence electrons. The molecule has 1 aliphatic rings. The molecule has 0 saturated carbocycles. The van der Waals surface area contributed by atoms with Crippen molar-refractivity contribution in [2.45, 2.75) is 0 Å². The fourth-order valence-electron chi connectivity index (χ4n) is 1.61. The number of benzene rings is 1. The molecule has 0 aliphatic carbocycles. The summed E-state index contributed by atoms with van der Waals surface area (Å²) in [5.74, 6) is 1.27. The second-order valence-electron chi connectivity index (χ2n) is 3.89. The van der Waals surface area contributed by atoms with Gasteiger partial charge >= 0.3 is 0 Å². The highest BCUT2D eigenvalue weighted by atomic mass is 32.2. The molecule has 1 heterocycles.